The molecule has 0 atom stereocenters. The third-order valence-corrected chi connectivity index (χ3v) is 20.3. The second-order valence-corrected chi connectivity index (χ2v) is 30.3. The predicted molar refractivity (Wildman–Crippen MR) is 371 cm³/mol. The molecule has 1 aliphatic rings. The lowest BCUT2D eigenvalue weighted by Gasteiger charge is -2.28. The molecule has 0 spiro atoms. The molecule has 15 aromatic rings. The third-order valence-electron chi connectivity index (χ3n) is 20.3. The molecule has 0 nitrogen and oxygen atoms in total. The first-order valence-electron chi connectivity index (χ1n) is 31.2. The van der Waals surface area contributed by atoms with Gasteiger partial charge in [0.25, 0.3) is 0 Å². The Morgan fingerprint density at radius 3 is 1.01 bits per heavy atom. The summed E-state index contributed by atoms with van der Waals surface area (Å²) >= 11 is 0. The minimum absolute atomic E-state index is 0.0821. The van der Waals surface area contributed by atoms with Crippen molar-refractivity contribution in [3.8, 4) is 44.5 Å². The van der Waals surface area contributed by atoms with Gasteiger partial charge in [-0.1, -0.05) is 262 Å². The normalized spacial score (nSPS) is 13.7. The van der Waals surface area contributed by atoms with Crippen LogP contribution in [0.25, 0.3) is 163 Å². The first-order chi connectivity index (χ1) is 39.9. The average Bonchev–Trinajstić information content (AvgIpc) is 1.55. The highest BCUT2D eigenvalue weighted by atomic mass is 14.4. The van der Waals surface area contributed by atoms with Gasteiger partial charge in [-0.25, -0.2) is 0 Å². The van der Waals surface area contributed by atoms with Gasteiger partial charge in [0.05, 0.1) is 0 Å². The largest absolute Gasteiger partial charge is 0.0616 e. The van der Waals surface area contributed by atoms with Crippen LogP contribution in [0.3, 0.4) is 0 Å². The molecule has 0 amide bonds. The van der Waals surface area contributed by atoms with Gasteiger partial charge in [-0.15, -0.1) is 0 Å². The number of rotatable bonds is 4. The molecule has 16 rings (SSSR count). The Hall–Kier alpha value is -8.06. The van der Waals surface area contributed by atoms with Crippen LogP contribution in [-0.2, 0) is 21.7 Å². The van der Waals surface area contributed by atoms with Crippen molar-refractivity contribution in [2.75, 3.05) is 0 Å². The smallest absolute Gasteiger partial charge is 0.000718 e. The van der Waals surface area contributed by atoms with Crippen molar-refractivity contribution in [3.63, 3.8) is 0 Å². The summed E-state index contributed by atoms with van der Waals surface area (Å²) in [6, 6.07) is 63.7. The van der Waals surface area contributed by atoms with E-state index in [1.807, 2.05) is 0 Å². The summed E-state index contributed by atoms with van der Waals surface area (Å²) in [5.74, 6) is 0.721. The first-order valence-corrected chi connectivity index (χ1v) is 31.2. The molecule has 0 aromatic heterocycles. The highest BCUT2D eigenvalue weighted by Crippen LogP contribution is 2.61. The molecule has 0 bridgehead atoms. The fourth-order valence-corrected chi connectivity index (χ4v) is 16.2. The van der Waals surface area contributed by atoms with Gasteiger partial charge in [0.1, 0.15) is 0 Å². The van der Waals surface area contributed by atoms with E-state index in [-0.39, 0.29) is 21.7 Å². The Morgan fingerprint density at radius 1 is 0.226 bits per heavy atom. The molecule has 412 valence electrons. The summed E-state index contributed by atoms with van der Waals surface area (Å²) in [6.45, 7) is 38.3. The van der Waals surface area contributed by atoms with Crippen molar-refractivity contribution in [2.24, 2.45) is 0 Å². The van der Waals surface area contributed by atoms with E-state index < -0.39 is 0 Å². The summed E-state index contributed by atoms with van der Waals surface area (Å²) in [5.41, 5.74) is 19.1. The average molecular weight is 1090 g/mol. The number of hydrogen-bond acceptors (Lipinski definition) is 0. The summed E-state index contributed by atoms with van der Waals surface area (Å²) < 4.78 is 0. The van der Waals surface area contributed by atoms with Crippen LogP contribution in [0.1, 0.15) is 156 Å². The summed E-state index contributed by atoms with van der Waals surface area (Å²) in [7, 11) is 0. The van der Waals surface area contributed by atoms with Crippen LogP contribution in [0.5, 0.6) is 0 Å². The number of benzene rings is 13. The van der Waals surface area contributed by atoms with Crippen LogP contribution in [0.4, 0.5) is 0 Å². The SMILES string of the molecule is CC(C)c1c2c(c(C(C)C)c3ccccc13)-c1ccc3c4ccc5c6c(-c7cc(C(C)(C)C)cc(C(C)(C)C)c7)c7c(cc8c9ccccc9c9cccc7c98)c(-c7cc(C(C)(C)C)cc(C(C)(C)C)c7)c6c6ccc(c7ccc-2c1c73)c4c65. The molecule has 0 heteroatoms. The van der Waals surface area contributed by atoms with E-state index in [1.54, 1.807) is 0 Å². The molecule has 0 N–H and O–H groups in total. The Morgan fingerprint density at radius 2 is 0.560 bits per heavy atom. The minimum atomic E-state index is -0.0838. The van der Waals surface area contributed by atoms with E-state index >= 15 is 0 Å². The quantitative estimate of drug-likeness (QED) is 0.122. The van der Waals surface area contributed by atoms with Crippen molar-refractivity contribution in [2.45, 2.75) is 144 Å². The van der Waals surface area contributed by atoms with E-state index in [1.165, 1.54) is 196 Å². The maximum absolute atomic E-state index is 2.64. The molecule has 0 aliphatic heterocycles. The standard InChI is InChI=1S/C84H76/c1-43(2)67-54-24-19-20-25-55(54)68(44(3)4)78-62-33-29-57-59-31-35-64-75-63(34-30-58(73(59)75)56-28-32-61(77(67)78)74(62)72(56)57)79-69(45-36-47(81(5,6)7)40-48(37-45)82(8,9)10)66-42-65-52-23-18-17-22-51(52)53-26-21-27-60(71(53)65)76(66)70(80(64)79)46-38-49(83(11,12)13)41-50(39-46)84(14,15)16/h17-44H,1-16H3. The van der Waals surface area contributed by atoms with Gasteiger partial charge in [0.2, 0.25) is 0 Å². The summed E-state index contributed by atoms with van der Waals surface area (Å²) in [4.78, 5) is 0. The zero-order valence-electron chi connectivity index (χ0n) is 52.2. The maximum Gasteiger partial charge on any atom is -0.000718 e. The monoisotopic (exact) mass is 1080 g/mol. The van der Waals surface area contributed by atoms with Gasteiger partial charge in [0, 0.05) is 0 Å². The Bertz CT molecular complexity index is 5200. The molecule has 1 aliphatic carbocycles. The molecular weight excluding hydrogens is 1010 g/mol. The van der Waals surface area contributed by atoms with Crippen molar-refractivity contribution in [1.82, 2.24) is 0 Å². The predicted octanol–water partition coefficient (Wildman–Crippen LogP) is 25.1. The second kappa shape index (κ2) is 16.8. The van der Waals surface area contributed by atoms with Crippen molar-refractivity contribution in [3.05, 3.63) is 191 Å². The van der Waals surface area contributed by atoms with E-state index in [9.17, 15) is 0 Å². The van der Waals surface area contributed by atoms with Crippen molar-refractivity contribution < 1.29 is 0 Å². The van der Waals surface area contributed by atoms with Gasteiger partial charge in [-0.05, 0) is 236 Å². The fraction of sp³-hybridized carbons (Fsp3) is 0.262. The Kier molecular flexibility index (Phi) is 10.3. The molecule has 84 heavy (non-hydrogen) atoms. The zero-order chi connectivity index (χ0) is 58.3. The van der Waals surface area contributed by atoms with Gasteiger partial charge < -0.3 is 0 Å². The molecule has 0 fully saturated rings. The highest BCUT2D eigenvalue weighted by molar-refractivity contribution is 6.49. The van der Waals surface area contributed by atoms with Gasteiger partial charge >= 0.3 is 0 Å². The van der Waals surface area contributed by atoms with Gasteiger partial charge in [-0.3, -0.25) is 0 Å². The zero-order valence-corrected chi connectivity index (χ0v) is 52.2. The molecule has 0 unspecified atom stereocenters. The maximum atomic E-state index is 2.64. The summed E-state index contributed by atoms with van der Waals surface area (Å²) in [5, 5.41) is 29.9. The molecule has 15 aromatic carbocycles. The number of fused-ring (bicyclic) bond motifs is 14. The highest BCUT2D eigenvalue weighted by Gasteiger charge is 2.35. The van der Waals surface area contributed by atoms with Crippen LogP contribution >= 0.6 is 0 Å². The molecular formula is C84H76. The lowest BCUT2D eigenvalue weighted by molar-refractivity contribution is 0.568. The molecule has 0 radical (unpaired) electrons. The Balaban J connectivity index is 1.14. The van der Waals surface area contributed by atoms with Crippen LogP contribution in [0, 0.1) is 0 Å². The van der Waals surface area contributed by atoms with Crippen LogP contribution in [0.2, 0.25) is 0 Å². The van der Waals surface area contributed by atoms with Crippen LogP contribution in [0.15, 0.2) is 158 Å². The number of hydrogen-bond donors (Lipinski definition) is 0. The lowest BCUT2D eigenvalue weighted by Crippen LogP contribution is -2.16. The van der Waals surface area contributed by atoms with Crippen LogP contribution in [-0.4, -0.2) is 0 Å². The van der Waals surface area contributed by atoms with Crippen molar-refractivity contribution >= 4 is 118 Å². The second-order valence-electron chi connectivity index (χ2n) is 30.3. The van der Waals surface area contributed by atoms with Gasteiger partial charge in [-0.2, -0.15) is 0 Å². The van der Waals surface area contributed by atoms with E-state index in [4.69, 9.17) is 0 Å². The minimum Gasteiger partial charge on any atom is -0.0616 e. The lowest BCUT2D eigenvalue weighted by atomic mass is 9.76. The molecule has 0 heterocycles. The Labute approximate surface area is 495 Å². The van der Waals surface area contributed by atoms with E-state index in [2.05, 4.69) is 269 Å². The topological polar surface area (TPSA) is 0 Å². The first kappa shape index (κ1) is 51.6. The van der Waals surface area contributed by atoms with Crippen molar-refractivity contribution in [1.29, 1.82) is 0 Å². The molecule has 0 saturated heterocycles. The summed E-state index contributed by atoms with van der Waals surface area (Å²) in [6.07, 6.45) is 0. The fourth-order valence-electron chi connectivity index (χ4n) is 16.2. The van der Waals surface area contributed by atoms with Gasteiger partial charge in [0.15, 0.2) is 0 Å². The van der Waals surface area contributed by atoms with Crippen LogP contribution < -0.4 is 0 Å². The third kappa shape index (κ3) is 6.83. The van der Waals surface area contributed by atoms with E-state index in [0.29, 0.717) is 11.8 Å². The molecule has 0 saturated carbocycles. The van der Waals surface area contributed by atoms with E-state index in [0.717, 1.165) is 0 Å².